The molecule has 0 amide bonds. The Bertz CT molecular complexity index is 268. The molecule has 0 bridgehead atoms. The van der Waals surface area contributed by atoms with E-state index in [1.165, 1.54) is 0 Å². The summed E-state index contributed by atoms with van der Waals surface area (Å²) in [5.41, 5.74) is 6.61. The monoisotopic (exact) mass is 194 g/mol. The van der Waals surface area contributed by atoms with E-state index in [2.05, 4.69) is 35.9 Å². The third-order valence-corrected chi connectivity index (χ3v) is 2.09. The standard InChI is InChI=1S/C10H18N4/c1-13(2)6-7-14(3)9-4-5-10(11)12-8-9/h4-5,8H,6-7H2,1-3H3,(H2,11,12). The van der Waals surface area contributed by atoms with Crippen molar-refractivity contribution in [1.29, 1.82) is 0 Å². The number of hydrogen-bond acceptors (Lipinski definition) is 4. The average molecular weight is 194 g/mol. The van der Waals surface area contributed by atoms with Gasteiger partial charge in [0, 0.05) is 20.1 Å². The van der Waals surface area contributed by atoms with Crippen molar-refractivity contribution in [3.8, 4) is 0 Å². The minimum Gasteiger partial charge on any atom is -0.384 e. The summed E-state index contributed by atoms with van der Waals surface area (Å²) in [6.07, 6.45) is 1.80. The smallest absolute Gasteiger partial charge is 0.123 e. The summed E-state index contributed by atoms with van der Waals surface area (Å²) in [5, 5.41) is 0. The van der Waals surface area contributed by atoms with E-state index in [9.17, 15) is 0 Å². The van der Waals surface area contributed by atoms with Crippen molar-refractivity contribution in [2.45, 2.75) is 0 Å². The molecule has 0 aliphatic carbocycles. The molecule has 1 aromatic rings. The van der Waals surface area contributed by atoms with Crippen molar-refractivity contribution in [1.82, 2.24) is 9.88 Å². The zero-order valence-electron chi connectivity index (χ0n) is 9.07. The maximum absolute atomic E-state index is 5.51. The number of nitrogen functional groups attached to an aromatic ring is 1. The van der Waals surface area contributed by atoms with Gasteiger partial charge in [-0.25, -0.2) is 4.98 Å². The number of hydrogen-bond donors (Lipinski definition) is 1. The minimum atomic E-state index is 0.565. The normalized spacial score (nSPS) is 10.6. The van der Waals surface area contributed by atoms with E-state index < -0.39 is 0 Å². The fourth-order valence-electron chi connectivity index (χ4n) is 1.10. The summed E-state index contributed by atoms with van der Waals surface area (Å²) in [7, 11) is 6.18. The number of anilines is 2. The van der Waals surface area contributed by atoms with Gasteiger partial charge in [0.25, 0.3) is 0 Å². The molecule has 0 radical (unpaired) electrons. The molecule has 4 nitrogen and oxygen atoms in total. The zero-order valence-corrected chi connectivity index (χ0v) is 9.07. The summed E-state index contributed by atoms with van der Waals surface area (Å²) in [6, 6.07) is 3.81. The van der Waals surface area contributed by atoms with E-state index in [1.54, 1.807) is 6.20 Å². The summed E-state index contributed by atoms with van der Waals surface area (Å²) in [5.74, 6) is 0.565. The Morgan fingerprint density at radius 2 is 1.93 bits per heavy atom. The number of pyridine rings is 1. The van der Waals surface area contributed by atoms with Gasteiger partial charge in [-0.05, 0) is 26.2 Å². The number of rotatable bonds is 4. The van der Waals surface area contributed by atoms with Gasteiger partial charge in [-0.1, -0.05) is 0 Å². The number of nitrogens with zero attached hydrogens (tertiary/aromatic N) is 3. The number of nitrogens with two attached hydrogens (primary N) is 1. The number of aromatic nitrogens is 1. The van der Waals surface area contributed by atoms with E-state index in [4.69, 9.17) is 5.73 Å². The second-order valence-corrected chi connectivity index (χ2v) is 3.67. The summed E-state index contributed by atoms with van der Waals surface area (Å²) < 4.78 is 0. The lowest BCUT2D eigenvalue weighted by Crippen LogP contribution is -2.28. The van der Waals surface area contributed by atoms with Crippen LogP contribution in [0.4, 0.5) is 11.5 Å². The van der Waals surface area contributed by atoms with Gasteiger partial charge >= 0.3 is 0 Å². The maximum atomic E-state index is 5.51. The van der Waals surface area contributed by atoms with Crippen molar-refractivity contribution in [2.75, 3.05) is 44.9 Å². The topological polar surface area (TPSA) is 45.4 Å². The van der Waals surface area contributed by atoms with Crippen molar-refractivity contribution < 1.29 is 0 Å². The molecule has 0 fully saturated rings. The SMILES string of the molecule is CN(C)CCN(C)c1ccc(N)nc1. The predicted octanol–water partition coefficient (Wildman–Crippen LogP) is 0.662. The van der Waals surface area contributed by atoms with Crippen molar-refractivity contribution in [2.24, 2.45) is 0 Å². The first-order valence-electron chi connectivity index (χ1n) is 4.67. The lowest BCUT2D eigenvalue weighted by Gasteiger charge is -2.21. The van der Waals surface area contributed by atoms with Gasteiger partial charge in [0.2, 0.25) is 0 Å². The fraction of sp³-hybridized carbons (Fsp3) is 0.500. The molecule has 2 N–H and O–H groups in total. The molecule has 0 spiro atoms. The highest BCUT2D eigenvalue weighted by Gasteiger charge is 2.00. The minimum absolute atomic E-state index is 0.565. The molecule has 0 saturated carbocycles. The second-order valence-electron chi connectivity index (χ2n) is 3.67. The van der Waals surface area contributed by atoms with Crippen LogP contribution in [0.3, 0.4) is 0 Å². The molecule has 1 aromatic heterocycles. The molecule has 1 heterocycles. The van der Waals surface area contributed by atoms with E-state index >= 15 is 0 Å². The molecule has 0 aliphatic heterocycles. The van der Waals surface area contributed by atoms with Gasteiger partial charge < -0.3 is 15.5 Å². The summed E-state index contributed by atoms with van der Waals surface area (Å²) >= 11 is 0. The van der Waals surface area contributed by atoms with Crippen LogP contribution in [0.25, 0.3) is 0 Å². The molecule has 0 aromatic carbocycles. The molecule has 4 heteroatoms. The van der Waals surface area contributed by atoms with Crippen LogP contribution in [0.2, 0.25) is 0 Å². The third-order valence-electron chi connectivity index (χ3n) is 2.09. The maximum Gasteiger partial charge on any atom is 0.123 e. The first-order chi connectivity index (χ1) is 6.59. The van der Waals surface area contributed by atoms with Gasteiger partial charge in [-0.15, -0.1) is 0 Å². The number of likely N-dealkylation sites (N-methyl/N-ethyl adjacent to an activating group) is 2. The molecule has 0 unspecified atom stereocenters. The van der Waals surface area contributed by atoms with Gasteiger partial charge in [-0.3, -0.25) is 0 Å². The van der Waals surface area contributed by atoms with Crippen LogP contribution in [0.15, 0.2) is 18.3 Å². The summed E-state index contributed by atoms with van der Waals surface area (Å²) in [4.78, 5) is 8.36. The van der Waals surface area contributed by atoms with Crippen molar-refractivity contribution >= 4 is 11.5 Å². The van der Waals surface area contributed by atoms with Gasteiger partial charge in [0.05, 0.1) is 11.9 Å². The van der Waals surface area contributed by atoms with Crippen LogP contribution in [0.1, 0.15) is 0 Å². The second kappa shape index (κ2) is 4.81. The lowest BCUT2D eigenvalue weighted by molar-refractivity contribution is 0.416. The van der Waals surface area contributed by atoms with Crippen LogP contribution < -0.4 is 10.6 Å². The van der Waals surface area contributed by atoms with E-state index in [0.29, 0.717) is 5.82 Å². The predicted molar refractivity (Wildman–Crippen MR) is 60.5 cm³/mol. The molecule has 0 aliphatic rings. The van der Waals surface area contributed by atoms with Gasteiger partial charge in [-0.2, -0.15) is 0 Å². The van der Waals surface area contributed by atoms with E-state index in [-0.39, 0.29) is 0 Å². The first-order valence-corrected chi connectivity index (χ1v) is 4.67. The third kappa shape index (κ3) is 3.22. The Morgan fingerprint density at radius 1 is 1.21 bits per heavy atom. The highest BCUT2D eigenvalue weighted by Crippen LogP contribution is 2.11. The van der Waals surface area contributed by atoms with Crippen molar-refractivity contribution in [3.05, 3.63) is 18.3 Å². The Morgan fingerprint density at radius 3 is 2.43 bits per heavy atom. The molecule has 0 saturated heterocycles. The zero-order chi connectivity index (χ0) is 10.6. The molecule has 14 heavy (non-hydrogen) atoms. The quantitative estimate of drug-likeness (QED) is 0.765. The van der Waals surface area contributed by atoms with Crippen LogP contribution in [-0.4, -0.2) is 44.1 Å². The van der Waals surface area contributed by atoms with Crippen LogP contribution in [0.5, 0.6) is 0 Å². The van der Waals surface area contributed by atoms with Gasteiger partial charge in [0.1, 0.15) is 5.82 Å². The van der Waals surface area contributed by atoms with Crippen LogP contribution in [0, 0.1) is 0 Å². The average Bonchev–Trinajstić information content (AvgIpc) is 2.15. The highest BCUT2D eigenvalue weighted by atomic mass is 15.2. The lowest BCUT2D eigenvalue weighted by atomic mass is 10.3. The Hall–Kier alpha value is -1.29. The molecular weight excluding hydrogens is 176 g/mol. The molecular formula is C10H18N4. The Balaban J connectivity index is 2.52. The largest absolute Gasteiger partial charge is 0.384 e. The van der Waals surface area contributed by atoms with E-state index in [1.807, 2.05) is 12.1 Å². The summed E-state index contributed by atoms with van der Waals surface area (Å²) in [6.45, 7) is 2.01. The fourth-order valence-corrected chi connectivity index (χ4v) is 1.10. The first kappa shape index (κ1) is 10.8. The molecule has 0 atom stereocenters. The van der Waals surface area contributed by atoms with E-state index in [0.717, 1.165) is 18.8 Å². The van der Waals surface area contributed by atoms with Gasteiger partial charge in [0.15, 0.2) is 0 Å². The molecule has 1 rings (SSSR count). The highest BCUT2D eigenvalue weighted by molar-refractivity contribution is 5.47. The molecule has 78 valence electrons. The van der Waals surface area contributed by atoms with Crippen LogP contribution >= 0.6 is 0 Å². The van der Waals surface area contributed by atoms with Crippen molar-refractivity contribution in [3.63, 3.8) is 0 Å². The Labute approximate surface area is 85.3 Å². The Kier molecular flexibility index (Phi) is 3.71. The van der Waals surface area contributed by atoms with Crippen LogP contribution in [-0.2, 0) is 0 Å².